The Hall–Kier alpha value is -1.24. The van der Waals surface area contributed by atoms with Crippen LogP contribution in [-0.4, -0.2) is 45.8 Å². The molecular formula is C14H17ClN4OS. The van der Waals surface area contributed by atoms with Crippen molar-refractivity contribution in [1.29, 1.82) is 0 Å². The van der Waals surface area contributed by atoms with Crippen LogP contribution >= 0.6 is 23.9 Å². The molecule has 3 aliphatic rings. The van der Waals surface area contributed by atoms with Crippen LogP contribution < -0.4 is 5.32 Å². The molecule has 3 saturated heterocycles. The maximum atomic E-state index is 12.5. The number of hydrogen-bond acceptors (Lipinski definition) is 5. The number of carbonyl (C=O) groups excluding carboxylic acids is 1. The van der Waals surface area contributed by atoms with Gasteiger partial charge in [-0.3, -0.25) is 4.79 Å². The van der Waals surface area contributed by atoms with Crippen LogP contribution in [0.1, 0.15) is 23.3 Å². The summed E-state index contributed by atoms with van der Waals surface area (Å²) in [5, 5.41) is 4.04. The Morgan fingerprint density at radius 1 is 1.38 bits per heavy atom. The lowest BCUT2D eigenvalue weighted by molar-refractivity contribution is 0.0619. The average molecular weight is 325 g/mol. The second-order valence-electron chi connectivity index (χ2n) is 5.61. The molecule has 2 aromatic rings. The first kappa shape index (κ1) is 14.7. The van der Waals surface area contributed by atoms with Crippen molar-refractivity contribution in [2.75, 3.05) is 19.6 Å². The van der Waals surface area contributed by atoms with E-state index in [1.807, 2.05) is 12.1 Å². The second kappa shape index (κ2) is 5.87. The third-order valence-electron chi connectivity index (χ3n) is 4.44. The molecule has 3 fully saturated rings. The van der Waals surface area contributed by atoms with Crippen LogP contribution in [0.15, 0.2) is 18.3 Å². The maximum Gasteiger partial charge on any atom is 0.271 e. The zero-order chi connectivity index (χ0) is 13.5. The summed E-state index contributed by atoms with van der Waals surface area (Å²) in [5.74, 6) is 0.579. The zero-order valence-corrected chi connectivity index (χ0v) is 13.1. The Labute approximate surface area is 133 Å². The Kier molecular flexibility index (Phi) is 4.10. The van der Waals surface area contributed by atoms with Crippen LogP contribution in [-0.2, 0) is 0 Å². The van der Waals surface area contributed by atoms with E-state index < -0.39 is 0 Å². The molecule has 5 heterocycles. The van der Waals surface area contributed by atoms with Gasteiger partial charge in [-0.25, -0.2) is 4.98 Å². The monoisotopic (exact) mass is 324 g/mol. The van der Waals surface area contributed by atoms with E-state index in [1.54, 1.807) is 6.20 Å². The molecule has 2 bridgehead atoms. The molecule has 2 aromatic heterocycles. The van der Waals surface area contributed by atoms with Crippen molar-refractivity contribution in [1.82, 2.24) is 19.6 Å². The van der Waals surface area contributed by atoms with E-state index in [4.69, 9.17) is 0 Å². The topological polar surface area (TPSA) is 58.1 Å². The molecule has 0 unspecified atom stereocenters. The van der Waals surface area contributed by atoms with Gasteiger partial charge >= 0.3 is 0 Å². The minimum Gasteiger partial charge on any atom is -0.346 e. The second-order valence-corrected chi connectivity index (χ2v) is 6.36. The predicted octanol–water partition coefficient (Wildman–Crippen LogP) is 1.94. The molecule has 0 spiro atoms. The van der Waals surface area contributed by atoms with Gasteiger partial charge in [0.2, 0.25) is 0 Å². The number of carbonyl (C=O) groups is 1. The fourth-order valence-electron chi connectivity index (χ4n) is 3.31. The molecule has 5 rings (SSSR count). The normalized spacial score (nSPS) is 27.3. The lowest BCUT2D eigenvalue weighted by Crippen LogP contribution is -2.57. The zero-order valence-electron chi connectivity index (χ0n) is 11.5. The van der Waals surface area contributed by atoms with Crippen molar-refractivity contribution in [2.45, 2.75) is 18.9 Å². The summed E-state index contributed by atoms with van der Waals surface area (Å²) in [6.07, 6.45) is 4.13. The highest BCUT2D eigenvalue weighted by molar-refractivity contribution is 7.13. The summed E-state index contributed by atoms with van der Waals surface area (Å²) >= 11 is 1.29. The van der Waals surface area contributed by atoms with Gasteiger partial charge in [0.05, 0.1) is 0 Å². The molecule has 0 aromatic carbocycles. The number of hydrogen-bond donors (Lipinski definition) is 1. The first-order valence-corrected chi connectivity index (χ1v) is 7.82. The van der Waals surface area contributed by atoms with Crippen molar-refractivity contribution in [3.63, 3.8) is 0 Å². The molecule has 21 heavy (non-hydrogen) atoms. The van der Waals surface area contributed by atoms with Crippen molar-refractivity contribution in [2.24, 2.45) is 5.92 Å². The van der Waals surface area contributed by atoms with Crippen molar-refractivity contribution >= 4 is 40.1 Å². The number of piperidine rings is 3. The fraction of sp³-hybridized carbons (Fsp3) is 0.500. The van der Waals surface area contributed by atoms with E-state index in [9.17, 15) is 4.79 Å². The highest BCUT2D eigenvalue weighted by atomic mass is 35.5. The molecule has 3 aliphatic heterocycles. The van der Waals surface area contributed by atoms with E-state index in [1.165, 1.54) is 37.5 Å². The number of rotatable bonds is 2. The molecule has 112 valence electrons. The van der Waals surface area contributed by atoms with Crippen LogP contribution in [0.25, 0.3) is 10.2 Å². The molecule has 1 N–H and O–H groups in total. The molecule has 7 heteroatoms. The van der Waals surface area contributed by atoms with Gasteiger partial charge in [-0.1, -0.05) is 0 Å². The van der Waals surface area contributed by atoms with Gasteiger partial charge in [-0.05, 0) is 55.5 Å². The van der Waals surface area contributed by atoms with Gasteiger partial charge in [-0.15, -0.1) is 12.4 Å². The summed E-state index contributed by atoms with van der Waals surface area (Å²) in [6.45, 7) is 3.35. The van der Waals surface area contributed by atoms with Gasteiger partial charge in [0.25, 0.3) is 5.91 Å². The van der Waals surface area contributed by atoms with Crippen LogP contribution in [0.4, 0.5) is 0 Å². The van der Waals surface area contributed by atoms with Gasteiger partial charge in [0.1, 0.15) is 4.83 Å². The predicted molar refractivity (Wildman–Crippen MR) is 85.1 cm³/mol. The SMILES string of the molecule is Cl.O=C(N[C@H]1CN2CCC1CC2)c1nsc2ncccc12. The lowest BCUT2D eigenvalue weighted by Gasteiger charge is -2.44. The minimum absolute atomic E-state index is 0. The quantitative estimate of drug-likeness (QED) is 0.917. The summed E-state index contributed by atoms with van der Waals surface area (Å²) in [7, 11) is 0. The molecule has 0 saturated carbocycles. The molecule has 0 radical (unpaired) electrons. The Balaban J connectivity index is 0.00000132. The molecule has 0 aliphatic carbocycles. The summed E-state index contributed by atoms with van der Waals surface area (Å²) < 4.78 is 4.28. The number of halogens is 1. The van der Waals surface area contributed by atoms with E-state index in [0.717, 1.165) is 16.8 Å². The largest absolute Gasteiger partial charge is 0.346 e. The van der Waals surface area contributed by atoms with E-state index >= 15 is 0 Å². The third kappa shape index (κ3) is 2.63. The molecule has 1 amide bonds. The van der Waals surface area contributed by atoms with Gasteiger partial charge in [0, 0.05) is 24.2 Å². The first-order chi connectivity index (χ1) is 9.81. The highest BCUT2D eigenvalue weighted by Gasteiger charge is 2.35. The maximum absolute atomic E-state index is 12.5. The van der Waals surface area contributed by atoms with Crippen molar-refractivity contribution < 1.29 is 4.79 Å². The highest BCUT2D eigenvalue weighted by Crippen LogP contribution is 2.28. The average Bonchev–Trinajstić information content (AvgIpc) is 2.92. The summed E-state index contributed by atoms with van der Waals surface area (Å²) in [5.41, 5.74) is 0.523. The number of amides is 1. The van der Waals surface area contributed by atoms with Gasteiger partial charge < -0.3 is 10.2 Å². The number of aromatic nitrogens is 2. The van der Waals surface area contributed by atoms with Crippen LogP contribution in [0, 0.1) is 5.92 Å². The fourth-order valence-corrected chi connectivity index (χ4v) is 4.04. The number of nitrogens with zero attached hydrogens (tertiary/aromatic N) is 3. The molecule has 1 atom stereocenters. The van der Waals surface area contributed by atoms with Crippen LogP contribution in [0.5, 0.6) is 0 Å². The summed E-state index contributed by atoms with van der Waals surface area (Å²) in [4.78, 5) is 19.9. The smallest absolute Gasteiger partial charge is 0.271 e. The Morgan fingerprint density at radius 3 is 2.90 bits per heavy atom. The van der Waals surface area contributed by atoms with Gasteiger partial charge in [0.15, 0.2) is 5.69 Å². The number of pyridine rings is 1. The van der Waals surface area contributed by atoms with Crippen LogP contribution in [0.2, 0.25) is 0 Å². The van der Waals surface area contributed by atoms with Gasteiger partial charge in [-0.2, -0.15) is 4.37 Å². The van der Waals surface area contributed by atoms with E-state index in [2.05, 4.69) is 19.6 Å². The summed E-state index contributed by atoms with van der Waals surface area (Å²) in [6, 6.07) is 4.04. The number of fused-ring (bicyclic) bond motifs is 4. The van der Waals surface area contributed by atoms with E-state index in [0.29, 0.717) is 11.6 Å². The lowest BCUT2D eigenvalue weighted by atomic mass is 9.84. The first-order valence-electron chi connectivity index (χ1n) is 7.05. The molecule has 5 nitrogen and oxygen atoms in total. The standard InChI is InChI=1S/C14H16N4OS.ClH/c19-13(12-10-2-1-5-15-14(10)20-17-12)16-11-8-18-6-3-9(11)4-7-18;/h1-2,5,9,11H,3-4,6-8H2,(H,16,19);1H/t11-;/m0./s1. The van der Waals surface area contributed by atoms with Crippen molar-refractivity contribution in [3.05, 3.63) is 24.0 Å². The van der Waals surface area contributed by atoms with E-state index in [-0.39, 0.29) is 24.4 Å². The third-order valence-corrected chi connectivity index (χ3v) is 5.21. The Bertz CT molecular complexity index is 653. The minimum atomic E-state index is -0.0528. The Morgan fingerprint density at radius 2 is 2.19 bits per heavy atom. The van der Waals surface area contributed by atoms with Crippen LogP contribution in [0.3, 0.4) is 0 Å². The van der Waals surface area contributed by atoms with Crippen molar-refractivity contribution in [3.8, 4) is 0 Å². The number of nitrogens with one attached hydrogen (secondary N) is 1. The molecular weight excluding hydrogens is 308 g/mol.